The quantitative estimate of drug-likeness (QED) is 0.762. The number of nitrogens with zero attached hydrogens (tertiary/aromatic N) is 6. The average molecular weight is 361 g/mol. The van der Waals surface area contributed by atoms with Gasteiger partial charge in [-0.1, -0.05) is 6.07 Å². The molecule has 1 aliphatic rings. The zero-order chi connectivity index (χ0) is 18.5. The highest BCUT2D eigenvalue weighted by molar-refractivity contribution is 5.92. The monoisotopic (exact) mass is 361 g/mol. The Morgan fingerprint density at radius 3 is 2.63 bits per heavy atom. The molecule has 0 aromatic carbocycles. The molecule has 8 heteroatoms. The SMILES string of the molecule is O=C(c1cnccn1)N1CCC(c2ccnc(Nc3ccccn3)n2)CC1. The second-order valence-corrected chi connectivity index (χ2v) is 6.30. The lowest BCUT2D eigenvalue weighted by Crippen LogP contribution is -2.38. The van der Waals surface area contributed by atoms with Crippen LogP contribution < -0.4 is 5.32 Å². The van der Waals surface area contributed by atoms with E-state index >= 15 is 0 Å². The molecular formula is C19H19N7O. The Hall–Kier alpha value is -3.42. The first-order chi connectivity index (χ1) is 13.3. The largest absolute Gasteiger partial charge is 0.337 e. The maximum atomic E-state index is 12.5. The summed E-state index contributed by atoms with van der Waals surface area (Å²) in [4.78, 5) is 35.5. The molecule has 1 amide bonds. The van der Waals surface area contributed by atoms with Gasteiger partial charge in [-0.25, -0.2) is 19.9 Å². The van der Waals surface area contributed by atoms with Gasteiger partial charge in [0, 0.05) is 49.5 Å². The first-order valence-corrected chi connectivity index (χ1v) is 8.86. The standard InChI is InChI=1S/C19H19N7O/c27-18(16-13-20-9-10-21-16)26-11-5-14(6-12-26)15-4-8-23-19(24-15)25-17-3-1-2-7-22-17/h1-4,7-10,13-14H,5-6,11-12H2,(H,22,23,24,25). The maximum absolute atomic E-state index is 12.5. The van der Waals surface area contributed by atoms with Crippen LogP contribution in [0.3, 0.4) is 0 Å². The molecule has 8 nitrogen and oxygen atoms in total. The highest BCUT2D eigenvalue weighted by Gasteiger charge is 2.26. The van der Waals surface area contributed by atoms with Crippen LogP contribution in [0.4, 0.5) is 11.8 Å². The number of pyridine rings is 1. The van der Waals surface area contributed by atoms with Gasteiger partial charge in [0.05, 0.1) is 6.20 Å². The molecule has 0 unspecified atom stereocenters. The Morgan fingerprint density at radius 2 is 1.89 bits per heavy atom. The highest BCUT2D eigenvalue weighted by atomic mass is 16.2. The lowest BCUT2D eigenvalue weighted by molar-refractivity contribution is 0.0705. The van der Waals surface area contributed by atoms with E-state index in [0.29, 0.717) is 36.5 Å². The predicted octanol–water partition coefficient (Wildman–Crippen LogP) is 2.42. The molecule has 1 N–H and O–H groups in total. The lowest BCUT2D eigenvalue weighted by atomic mass is 9.93. The minimum Gasteiger partial charge on any atom is -0.337 e. The fourth-order valence-corrected chi connectivity index (χ4v) is 3.16. The molecule has 1 fully saturated rings. The number of likely N-dealkylation sites (tertiary alicyclic amines) is 1. The summed E-state index contributed by atoms with van der Waals surface area (Å²) in [6, 6.07) is 7.57. The van der Waals surface area contributed by atoms with Gasteiger partial charge in [0.1, 0.15) is 11.5 Å². The molecule has 4 heterocycles. The van der Waals surface area contributed by atoms with Crippen molar-refractivity contribution in [3.63, 3.8) is 0 Å². The van der Waals surface area contributed by atoms with Crippen LogP contribution in [0.15, 0.2) is 55.2 Å². The molecule has 3 aromatic heterocycles. The van der Waals surface area contributed by atoms with E-state index in [1.807, 2.05) is 29.2 Å². The molecule has 3 aromatic rings. The molecule has 0 atom stereocenters. The van der Waals surface area contributed by atoms with Gasteiger partial charge in [0.2, 0.25) is 5.95 Å². The van der Waals surface area contributed by atoms with Gasteiger partial charge < -0.3 is 10.2 Å². The number of nitrogens with one attached hydrogen (secondary N) is 1. The Labute approximate surface area is 156 Å². The van der Waals surface area contributed by atoms with E-state index in [2.05, 4.69) is 30.2 Å². The Balaban J connectivity index is 1.40. The van der Waals surface area contributed by atoms with Crippen molar-refractivity contribution in [2.24, 2.45) is 0 Å². The summed E-state index contributed by atoms with van der Waals surface area (Å²) in [6.45, 7) is 1.35. The third kappa shape index (κ3) is 4.05. The van der Waals surface area contributed by atoms with E-state index in [4.69, 9.17) is 0 Å². The summed E-state index contributed by atoms with van der Waals surface area (Å²) >= 11 is 0. The summed E-state index contributed by atoms with van der Waals surface area (Å²) in [6.07, 6.45) is 9.79. The van der Waals surface area contributed by atoms with Crippen LogP contribution in [0.2, 0.25) is 0 Å². The minimum absolute atomic E-state index is 0.0678. The number of carbonyl (C=O) groups excluding carboxylic acids is 1. The van der Waals surface area contributed by atoms with Crippen molar-refractivity contribution < 1.29 is 4.79 Å². The van der Waals surface area contributed by atoms with E-state index in [0.717, 1.165) is 18.5 Å². The zero-order valence-electron chi connectivity index (χ0n) is 14.7. The van der Waals surface area contributed by atoms with Crippen LogP contribution in [0.5, 0.6) is 0 Å². The second kappa shape index (κ2) is 7.86. The smallest absolute Gasteiger partial charge is 0.274 e. The van der Waals surface area contributed by atoms with E-state index in [-0.39, 0.29) is 5.91 Å². The Bertz CT molecular complexity index is 896. The van der Waals surface area contributed by atoms with Crippen molar-refractivity contribution >= 4 is 17.7 Å². The Morgan fingerprint density at radius 1 is 1.00 bits per heavy atom. The number of hydrogen-bond acceptors (Lipinski definition) is 7. The lowest BCUT2D eigenvalue weighted by Gasteiger charge is -2.31. The third-order valence-electron chi connectivity index (χ3n) is 4.56. The predicted molar refractivity (Wildman–Crippen MR) is 99.5 cm³/mol. The van der Waals surface area contributed by atoms with E-state index in [1.165, 1.54) is 12.4 Å². The number of rotatable bonds is 4. The van der Waals surface area contributed by atoms with Gasteiger partial charge in [-0.15, -0.1) is 0 Å². The molecule has 27 heavy (non-hydrogen) atoms. The summed E-state index contributed by atoms with van der Waals surface area (Å²) < 4.78 is 0. The second-order valence-electron chi connectivity index (χ2n) is 6.30. The fourth-order valence-electron chi connectivity index (χ4n) is 3.16. The number of hydrogen-bond donors (Lipinski definition) is 1. The highest BCUT2D eigenvalue weighted by Crippen LogP contribution is 2.27. The topological polar surface area (TPSA) is 96.8 Å². The molecule has 0 radical (unpaired) electrons. The van der Waals surface area contributed by atoms with Crippen molar-refractivity contribution in [2.45, 2.75) is 18.8 Å². The van der Waals surface area contributed by atoms with Gasteiger partial charge in [-0.2, -0.15) is 0 Å². The minimum atomic E-state index is -0.0678. The summed E-state index contributed by atoms with van der Waals surface area (Å²) in [5.41, 5.74) is 1.37. The molecular weight excluding hydrogens is 342 g/mol. The number of carbonyl (C=O) groups is 1. The van der Waals surface area contributed by atoms with Crippen LogP contribution in [-0.2, 0) is 0 Å². The first-order valence-electron chi connectivity index (χ1n) is 8.86. The molecule has 136 valence electrons. The zero-order valence-corrected chi connectivity index (χ0v) is 14.7. The molecule has 0 saturated carbocycles. The van der Waals surface area contributed by atoms with Crippen LogP contribution in [0.25, 0.3) is 0 Å². The number of amides is 1. The molecule has 1 saturated heterocycles. The number of aromatic nitrogens is 5. The molecule has 0 spiro atoms. The van der Waals surface area contributed by atoms with Crippen LogP contribution in [-0.4, -0.2) is 48.8 Å². The van der Waals surface area contributed by atoms with Gasteiger partial charge in [0.15, 0.2) is 0 Å². The van der Waals surface area contributed by atoms with Crippen molar-refractivity contribution in [2.75, 3.05) is 18.4 Å². The van der Waals surface area contributed by atoms with Crippen molar-refractivity contribution in [3.05, 3.63) is 66.6 Å². The van der Waals surface area contributed by atoms with Gasteiger partial charge in [0.25, 0.3) is 5.91 Å². The van der Waals surface area contributed by atoms with E-state index in [9.17, 15) is 4.79 Å². The molecule has 0 bridgehead atoms. The third-order valence-corrected chi connectivity index (χ3v) is 4.56. The number of anilines is 2. The normalized spacial score (nSPS) is 14.7. The molecule has 0 aliphatic carbocycles. The van der Waals surface area contributed by atoms with Crippen molar-refractivity contribution in [1.82, 2.24) is 29.8 Å². The van der Waals surface area contributed by atoms with Gasteiger partial charge >= 0.3 is 0 Å². The van der Waals surface area contributed by atoms with Crippen LogP contribution in [0.1, 0.15) is 34.9 Å². The van der Waals surface area contributed by atoms with Crippen LogP contribution >= 0.6 is 0 Å². The number of piperidine rings is 1. The van der Waals surface area contributed by atoms with Crippen LogP contribution in [0, 0.1) is 0 Å². The summed E-state index contributed by atoms with van der Waals surface area (Å²) in [5.74, 6) is 1.47. The Kier molecular flexibility index (Phi) is 4.95. The van der Waals surface area contributed by atoms with Crippen molar-refractivity contribution in [1.29, 1.82) is 0 Å². The first kappa shape index (κ1) is 17.0. The van der Waals surface area contributed by atoms with E-state index in [1.54, 1.807) is 18.6 Å². The average Bonchev–Trinajstić information content (AvgIpc) is 2.75. The molecule has 1 aliphatic heterocycles. The summed E-state index contributed by atoms with van der Waals surface area (Å²) in [7, 11) is 0. The van der Waals surface area contributed by atoms with Gasteiger partial charge in [-0.05, 0) is 31.0 Å². The maximum Gasteiger partial charge on any atom is 0.274 e. The molecule has 4 rings (SSSR count). The van der Waals surface area contributed by atoms with Gasteiger partial charge in [-0.3, -0.25) is 9.78 Å². The van der Waals surface area contributed by atoms with E-state index < -0.39 is 0 Å². The fraction of sp³-hybridized carbons (Fsp3) is 0.263. The summed E-state index contributed by atoms with van der Waals surface area (Å²) in [5, 5.41) is 3.12. The van der Waals surface area contributed by atoms with Crippen molar-refractivity contribution in [3.8, 4) is 0 Å².